The molecule has 0 fully saturated rings. The predicted octanol–water partition coefficient (Wildman–Crippen LogP) is -1.95. The lowest BCUT2D eigenvalue weighted by molar-refractivity contribution is 0.0312. The molecule has 0 aromatic rings. The van der Waals surface area contributed by atoms with Crippen molar-refractivity contribution < 1.29 is 10.2 Å². The summed E-state index contributed by atoms with van der Waals surface area (Å²) in [6, 6.07) is 0. The lowest BCUT2D eigenvalue weighted by Crippen LogP contribution is -2.38. The minimum absolute atomic E-state index is 0. The van der Waals surface area contributed by atoms with Gasteiger partial charge in [-0.2, -0.15) is 0 Å². The number of hydrogen-bond acceptors (Lipinski definition) is 4. The molecule has 6 N–H and O–H groups in total. The number of rotatable bonds is 3. The SMILES string of the molecule is Cl.NCC(O)C(O)CN. The largest absolute Gasteiger partial charge is 0.389 e. The van der Waals surface area contributed by atoms with Crippen molar-refractivity contribution in [2.24, 2.45) is 11.5 Å². The van der Waals surface area contributed by atoms with Crippen LogP contribution in [0.25, 0.3) is 0 Å². The average Bonchev–Trinajstić information content (AvgIpc) is 1.84. The molecule has 0 saturated heterocycles. The van der Waals surface area contributed by atoms with E-state index in [4.69, 9.17) is 21.7 Å². The summed E-state index contributed by atoms with van der Waals surface area (Å²) < 4.78 is 0. The molecule has 0 heterocycles. The van der Waals surface area contributed by atoms with Crippen molar-refractivity contribution in [3.8, 4) is 0 Å². The Morgan fingerprint density at radius 3 is 1.33 bits per heavy atom. The van der Waals surface area contributed by atoms with E-state index in [0.717, 1.165) is 0 Å². The maximum Gasteiger partial charge on any atom is 0.0933 e. The van der Waals surface area contributed by atoms with Gasteiger partial charge in [-0.25, -0.2) is 0 Å². The molecule has 0 aliphatic heterocycles. The first-order valence-corrected chi connectivity index (χ1v) is 2.48. The molecule has 4 nitrogen and oxygen atoms in total. The van der Waals surface area contributed by atoms with Gasteiger partial charge in [0.05, 0.1) is 12.2 Å². The fraction of sp³-hybridized carbons (Fsp3) is 1.00. The summed E-state index contributed by atoms with van der Waals surface area (Å²) in [5.41, 5.74) is 9.97. The number of hydrogen-bond donors (Lipinski definition) is 4. The van der Waals surface area contributed by atoms with Crippen LogP contribution in [0.2, 0.25) is 0 Å². The van der Waals surface area contributed by atoms with E-state index in [0.29, 0.717) is 0 Å². The van der Waals surface area contributed by atoms with Gasteiger partial charge in [0, 0.05) is 13.1 Å². The molecule has 2 unspecified atom stereocenters. The number of halogens is 1. The zero-order valence-corrected chi connectivity index (χ0v) is 5.84. The van der Waals surface area contributed by atoms with Crippen LogP contribution in [0.3, 0.4) is 0 Å². The van der Waals surface area contributed by atoms with Crippen LogP contribution in [0.15, 0.2) is 0 Å². The quantitative estimate of drug-likeness (QED) is 0.382. The summed E-state index contributed by atoms with van der Waals surface area (Å²) in [5.74, 6) is 0. The summed E-state index contributed by atoms with van der Waals surface area (Å²) in [5, 5.41) is 17.3. The molecule has 9 heavy (non-hydrogen) atoms. The predicted molar refractivity (Wildman–Crippen MR) is 37.4 cm³/mol. The molecule has 0 radical (unpaired) electrons. The van der Waals surface area contributed by atoms with Crippen LogP contribution in [0.1, 0.15) is 0 Å². The van der Waals surface area contributed by atoms with Crippen LogP contribution in [0, 0.1) is 0 Å². The Morgan fingerprint density at radius 1 is 1.00 bits per heavy atom. The van der Waals surface area contributed by atoms with E-state index >= 15 is 0 Å². The van der Waals surface area contributed by atoms with Gasteiger partial charge in [0.25, 0.3) is 0 Å². The molecule has 0 saturated carbocycles. The third kappa shape index (κ3) is 4.62. The summed E-state index contributed by atoms with van der Waals surface area (Å²) in [4.78, 5) is 0. The molecule has 58 valence electrons. The minimum Gasteiger partial charge on any atom is -0.389 e. The summed E-state index contributed by atoms with van der Waals surface area (Å²) in [7, 11) is 0. The Bertz CT molecular complexity index is 56.5. The van der Waals surface area contributed by atoms with Crippen molar-refractivity contribution in [3.63, 3.8) is 0 Å². The second-order valence-electron chi connectivity index (χ2n) is 1.61. The summed E-state index contributed by atoms with van der Waals surface area (Å²) in [6.07, 6.45) is -1.75. The molecule has 0 spiro atoms. The summed E-state index contributed by atoms with van der Waals surface area (Å²) >= 11 is 0. The molecular formula is C4H13ClN2O2. The van der Waals surface area contributed by atoms with E-state index < -0.39 is 12.2 Å². The number of nitrogens with two attached hydrogens (primary N) is 2. The van der Waals surface area contributed by atoms with E-state index in [1.54, 1.807) is 0 Å². The third-order valence-corrected chi connectivity index (χ3v) is 0.927. The molecule has 0 bridgehead atoms. The highest BCUT2D eigenvalue weighted by Gasteiger charge is 2.10. The van der Waals surface area contributed by atoms with Gasteiger partial charge in [0.15, 0.2) is 0 Å². The van der Waals surface area contributed by atoms with Crippen molar-refractivity contribution in [1.82, 2.24) is 0 Å². The lowest BCUT2D eigenvalue weighted by atomic mass is 10.2. The van der Waals surface area contributed by atoms with E-state index in [-0.39, 0.29) is 25.5 Å². The lowest BCUT2D eigenvalue weighted by Gasteiger charge is -2.12. The first-order chi connectivity index (χ1) is 3.72. The Hall–Kier alpha value is 0.130. The smallest absolute Gasteiger partial charge is 0.0933 e. The Balaban J connectivity index is 0. The first kappa shape index (κ1) is 11.9. The Labute approximate surface area is 60.3 Å². The zero-order chi connectivity index (χ0) is 6.57. The fourth-order valence-corrected chi connectivity index (χ4v) is 0.314. The third-order valence-electron chi connectivity index (χ3n) is 0.927. The summed E-state index contributed by atoms with van der Waals surface area (Å²) in [6.45, 7) is 0.108. The van der Waals surface area contributed by atoms with Crippen molar-refractivity contribution >= 4 is 12.4 Å². The van der Waals surface area contributed by atoms with E-state index in [1.165, 1.54) is 0 Å². The van der Waals surface area contributed by atoms with Crippen LogP contribution >= 0.6 is 12.4 Å². The molecule has 0 aromatic heterocycles. The fourth-order valence-electron chi connectivity index (χ4n) is 0.314. The molecule has 0 aliphatic rings. The molecule has 5 heteroatoms. The maximum absolute atomic E-state index is 8.67. The van der Waals surface area contributed by atoms with Crippen molar-refractivity contribution in [2.45, 2.75) is 12.2 Å². The van der Waals surface area contributed by atoms with Gasteiger partial charge in [-0.05, 0) is 0 Å². The van der Waals surface area contributed by atoms with Gasteiger partial charge in [0.1, 0.15) is 0 Å². The Morgan fingerprint density at radius 2 is 1.22 bits per heavy atom. The highest BCUT2D eigenvalue weighted by atomic mass is 35.5. The Kier molecular flexibility index (Phi) is 8.25. The van der Waals surface area contributed by atoms with Crippen LogP contribution in [-0.2, 0) is 0 Å². The van der Waals surface area contributed by atoms with Crippen LogP contribution in [-0.4, -0.2) is 35.5 Å². The van der Waals surface area contributed by atoms with E-state index in [9.17, 15) is 0 Å². The van der Waals surface area contributed by atoms with Crippen molar-refractivity contribution in [2.75, 3.05) is 13.1 Å². The first-order valence-electron chi connectivity index (χ1n) is 2.48. The van der Waals surface area contributed by atoms with Gasteiger partial charge in [0.2, 0.25) is 0 Å². The second-order valence-corrected chi connectivity index (χ2v) is 1.61. The minimum atomic E-state index is -0.875. The second kappa shape index (κ2) is 6.25. The van der Waals surface area contributed by atoms with E-state index in [2.05, 4.69) is 0 Å². The standard InChI is InChI=1S/C4H12N2O2.ClH/c5-1-3(7)4(8)2-6;/h3-4,7-8H,1-2,5-6H2;1H. The maximum atomic E-state index is 8.67. The van der Waals surface area contributed by atoms with Gasteiger partial charge in [-0.3, -0.25) is 0 Å². The van der Waals surface area contributed by atoms with Gasteiger partial charge in [-0.15, -0.1) is 12.4 Å². The van der Waals surface area contributed by atoms with Crippen LogP contribution in [0.5, 0.6) is 0 Å². The zero-order valence-electron chi connectivity index (χ0n) is 5.03. The van der Waals surface area contributed by atoms with Gasteiger partial charge >= 0.3 is 0 Å². The molecule has 0 aliphatic carbocycles. The van der Waals surface area contributed by atoms with Crippen molar-refractivity contribution in [3.05, 3.63) is 0 Å². The molecule has 0 rings (SSSR count). The normalized spacial score (nSPS) is 16.0. The highest BCUT2D eigenvalue weighted by molar-refractivity contribution is 5.85. The molecule has 0 amide bonds. The topological polar surface area (TPSA) is 92.5 Å². The van der Waals surface area contributed by atoms with Gasteiger partial charge < -0.3 is 21.7 Å². The van der Waals surface area contributed by atoms with Gasteiger partial charge in [-0.1, -0.05) is 0 Å². The highest BCUT2D eigenvalue weighted by Crippen LogP contribution is 1.85. The molecule has 2 atom stereocenters. The molecular weight excluding hydrogens is 144 g/mol. The van der Waals surface area contributed by atoms with Crippen LogP contribution in [0.4, 0.5) is 0 Å². The number of aliphatic hydroxyl groups excluding tert-OH is 2. The molecule has 0 aromatic carbocycles. The van der Waals surface area contributed by atoms with E-state index in [1.807, 2.05) is 0 Å². The average molecular weight is 157 g/mol. The van der Waals surface area contributed by atoms with Crippen molar-refractivity contribution in [1.29, 1.82) is 0 Å². The monoisotopic (exact) mass is 156 g/mol. The van der Waals surface area contributed by atoms with Crippen LogP contribution < -0.4 is 11.5 Å². The number of aliphatic hydroxyl groups is 2.